The normalized spacial score (nSPS) is 16.8. The number of benzene rings is 2. The molecule has 1 aliphatic heterocycles. The van der Waals surface area contributed by atoms with Crippen molar-refractivity contribution in [3.05, 3.63) is 53.1 Å². The first-order valence-corrected chi connectivity index (χ1v) is 6.50. The van der Waals surface area contributed by atoms with Crippen molar-refractivity contribution in [1.29, 1.82) is 0 Å². The molecule has 20 heavy (non-hydrogen) atoms. The Kier molecular flexibility index (Phi) is 3.24. The Bertz CT molecular complexity index is 672. The molecular formula is C15H12ClNO3. The second-order valence-corrected chi connectivity index (χ2v) is 4.87. The Morgan fingerprint density at radius 2 is 1.95 bits per heavy atom. The van der Waals surface area contributed by atoms with Gasteiger partial charge in [0.25, 0.3) is 0 Å². The van der Waals surface area contributed by atoms with Gasteiger partial charge in [0.1, 0.15) is 6.61 Å². The first-order chi connectivity index (χ1) is 9.65. The van der Waals surface area contributed by atoms with Gasteiger partial charge in [-0.3, -0.25) is 4.79 Å². The molecule has 0 fully saturated rings. The van der Waals surface area contributed by atoms with Crippen LogP contribution in [-0.4, -0.2) is 18.5 Å². The van der Waals surface area contributed by atoms with Gasteiger partial charge in [-0.1, -0.05) is 23.7 Å². The third-order valence-corrected chi connectivity index (χ3v) is 3.37. The van der Waals surface area contributed by atoms with Crippen LogP contribution >= 0.6 is 11.6 Å². The summed E-state index contributed by atoms with van der Waals surface area (Å²) in [6.07, 6.45) is -0.703. The first kappa shape index (κ1) is 12.8. The van der Waals surface area contributed by atoms with Gasteiger partial charge < -0.3 is 15.2 Å². The molecular weight excluding hydrogens is 278 g/mol. The van der Waals surface area contributed by atoms with E-state index in [1.165, 1.54) is 0 Å². The number of carbonyl (C=O) groups is 1. The second-order valence-electron chi connectivity index (χ2n) is 4.47. The summed E-state index contributed by atoms with van der Waals surface area (Å²) in [5, 5.41) is 0.317. The van der Waals surface area contributed by atoms with E-state index in [0.29, 0.717) is 27.8 Å². The number of ether oxygens (including phenoxy) is 2. The number of hydrogen-bond donors (Lipinski definition) is 1. The van der Waals surface area contributed by atoms with Crippen molar-refractivity contribution in [1.82, 2.24) is 0 Å². The monoisotopic (exact) mass is 289 g/mol. The zero-order chi connectivity index (χ0) is 14.1. The van der Waals surface area contributed by atoms with Crippen molar-refractivity contribution in [2.45, 2.75) is 6.10 Å². The second kappa shape index (κ2) is 5.06. The standard InChI is InChI=1S/C15H12ClNO3/c16-11-7-9(17)5-6-10(11)15(18)14-8-19-12-3-1-2-4-13(12)20-14/h1-7,14H,8,17H2. The fraction of sp³-hybridized carbons (Fsp3) is 0.133. The average molecular weight is 290 g/mol. The van der Waals surface area contributed by atoms with Gasteiger partial charge in [-0.05, 0) is 30.3 Å². The Morgan fingerprint density at radius 1 is 1.20 bits per heavy atom. The Morgan fingerprint density at radius 3 is 2.70 bits per heavy atom. The fourth-order valence-corrected chi connectivity index (χ4v) is 2.34. The number of anilines is 1. The summed E-state index contributed by atoms with van der Waals surface area (Å²) < 4.78 is 11.2. The number of para-hydroxylation sites is 2. The Hall–Kier alpha value is -2.20. The first-order valence-electron chi connectivity index (χ1n) is 6.13. The minimum atomic E-state index is -0.703. The third kappa shape index (κ3) is 2.30. The van der Waals surface area contributed by atoms with Crippen LogP contribution in [0.25, 0.3) is 0 Å². The van der Waals surface area contributed by atoms with E-state index in [9.17, 15) is 4.79 Å². The highest BCUT2D eigenvalue weighted by atomic mass is 35.5. The molecule has 3 rings (SSSR count). The van der Waals surface area contributed by atoms with Gasteiger partial charge in [0.2, 0.25) is 5.78 Å². The van der Waals surface area contributed by atoms with Gasteiger partial charge >= 0.3 is 0 Å². The number of nitrogen functional groups attached to an aromatic ring is 1. The van der Waals surface area contributed by atoms with Crippen molar-refractivity contribution in [2.24, 2.45) is 0 Å². The number of nitrogens with two attached hydrogens (primary N) is 1. The molecule has 4 nitrogen and oxygen atoms in total. The van der Waals surface area contributed by atoms with Crippen molar-refractivity contribution in [3.63, 3.8) is 0 Å². The number of rotatable bonds is 2. The lowest BCUT2D eigenvalue weighted by atomic mass is 10.1. The molecule has 5 heteroatoms. The van der Waals surface area contributed by atoms with E-state index in [0.717, 1.165) is 0 Å². The minimum absolute atomic E-state index is 0.163. The maximum atomic E-state index is 12.4. The summed E-state index contributed by atoms with van der Waals surface area (Å²) in [7, 11) is 0. The maximum Gasteiger partial charge on any atom is 0.208 e. The minimum Gasteiger partial charge on any atom is -0.485 e. The van der Waals surface area contributed by atoms with Gasteiger partial charge in [-0.15, -0.1) is 0 Å². The van der Waals surface area contributed by atoms with Crippen molar-refractivity contribution in [3.8, 4) is 11.5 Å². The van der Waals surface area contributed by atoms with Crippen LogP contribution in [0.5, 0.6) is 11.5 Å². The lowest BCUT2D eigenvalue weighted by Crippen LogP contribution is -2.36. The molecule has 1 aliphatic rings. The zero-order valence-corrected chi connectivity index (χ0v) is 11.3. The summed E-state index contributed by atoms with van der Waals surface area (Å²) in [4.78, 5) is 12.4. The van der Waals surface area contributed by atoms with Crippen LogP contribution in [0.1, 0.15) is 10.4 Å². The largest absolute Gasteiger partial charge is 0.485 e. The average Bonchev–Trinajstić information content (AvgIpc) is 2.46. The lowest BCUT2D eigenvalue weighted by molar-refractivity contribution is 0.0586. The van der Waals surface area contributed by atoms with E-state index in [1.54, 1.807) is 30.3 Å². The molecule has 0 bridgehead atoms. The van der Waals surface area contributed by atoms with E-state index in [-0.39, 0.29) is 12.4 Å². The summed E-state index contributed by atoms with van der Waals surface area (Å²) in [6.45, 7) is 0.163. The number of Topliss-reactive ketones (excluding diaryl/α,β-unsaturated/α-hetero) is 1. The van der Waals surface area contributed by atoms with Crippen LogP contribution in [-0.2, 0) is 0 Å². The molecule has 0 aromatic heterocycles. The van der Waals surface area contributed by atoms with Crippen LogP contribution in [0.2, 0.25) is 5.02 Å². The van der Waals surface area contributed by atoms with Crippen molar-refractivity contribution < 1.29 is 14.3 Å². The number of ketones is 1. The molecule has 1 unspecified atom stereocenters. The lowest BCUT2D eigenvalue weighted by Gasteiger charge is -2.25. The molecule has 2 aromatic rings. The highest BCUT2D eigenvalue weighted by Crippen LogP contribution is 2.32. The van der Waals surface area contributed by atoms with E-state index >= 15 is 0 Å². The fourth-order valence-electron chi connectivity index (χ4n) is 2.05. The Balaban J connectivity index is 1.86. The summed E-state index contributed by atoms with van der Waals surface area (Å²) in [5.74, 6) is 0.980. The third-order valence-electron chi connectivity index (χ3n) is 3.06. The van der Waals surface area contributed by atoms with E-state index in [2.05, 4.69) is 0 Å². The van der Waals surface area contributed by atoms with Gasteiger partial charge in [0, 0.05) is 11.3 Å². The predicted octanol–water partition coefficient (Wildman–Crippen LogP) is 2.94. The zero-order valence-electron chi connectivity index (χ0n) is 10.5. The molecule has 1 atom stereocenters. The predicted molar refractivity (Wildman–Crippen MR) is 76.5 cm³/mol. The molecule has 0 spiro atoms. The maximum absolute atomic E-state index is 12.4. The quantitative estimate of drug-likeness (QED) is 0.682. The van der Waals surface area contributed by atoms with Crippen LogP contribution in [0.3, 0.4) is 0 Å². The SMILES string of the molecule is Nc1ccc(C(=O)C2COc3ccccc3O2)c(Cl)c1. The molecule has 0 saturated carbocycles. The molecule has 2 aromatic carbocycles. The Labute approximate surface area is 121 Å². The van der Waals surface area contributed by atoms with Crippen LogP contribution < -0.4 is 15.2 Å². The number of hydrogen-bond acceptors (Lipinski definition) is 4. The van der Waals surface area contributed by atoms with Gasteiger partial charge in [-0.2, -0.15) is 0 Å². The number of carbonyl (C=O) groups excluding carboxylic acids is 1. The van der Waals surface area contributed by atoms with Gasteiger partial charge in [0.05, 0.1) is 5.02 Å². The summed E-state index contributed by atoms with van der Waals surface area (Å²) in [5.41, 5.74) is 6.51. The molecule has 1 heterocycles. The van der Waals surface area contributed by atoms with Gasteiger partial charge in [0.15, 0.2) is 17.6 Å². The van der Waals surface area contributed by atoms with Crippen LogP contribution in [0.4, 0.5) is 5.69 Å². The van der Waals surface area contributed by atoms with Crippen LogP contribution in [0, 0.1) is 0 Å². The molecule has 2 N–H and O–H groups in total. The molecule has 102 valence electrons. The van der Waals surface area contributed by atoms with Gasteiger partial charge in [-0.25, -0.2) is 0 Å². The molecule has 0 radical (unpaired) electrons. The van der Waals surface area contributed by atoms with E-state index in [4.69, 9.17) is 26.8 Å². The van der Waals surface area contributed by atoms with Crippen molar-refractivity contribution >= 4 is 23.1 Å². The highest BCUT2D eigenvalue weighted by Gasteiger charge is 2.29. The molecule has 0 saturated heterocycles. The van der Waals surface area contributed by atoms with E-state index < -0.39 is 6.10 Å². The number of fused-ring (bicyclic) bond motifs is 1. The topological polar surface area (TPSA) is 61.6 Å². The summed E-state index contributed by atoms with van der Waals surface area (Å²) in [6, 6.07) is 12.0. The molecule has 0 aliphatic carbocycles. The molecule has 0 amide bonds. The smallest absolute Gasteiger partial charge is 0.208 e. The summed E-state index contributed by atoms with van der Waals surface area (Å²) >= 11 is 6.05. The van der Waals surface area contributed by atoms with E-state index in [1.807, 2.05) is 12.1 Å². The number of halogens is 1. The highest BCUT2D eigenvalue weighted by molar-refractivity contribution is 6.34. The van der Waals surface area contributed by atoms with Crippen LogP contribution in [0.15, 0.2) is 42.5 Å². The van der Waals surface area contributed by atoms with Crippen molar-refractivity contribution in [2.75, 3.05) is 12.3 Å².